The SMILES string of the molecule is CCN(CC)c1ccc(C(=O)NNC(=O)CCCNS(=O)(=O)c2ccc(F)cc2)cc1. The molecule has 168 valence electrons. The summed E-state index contributed by atoms with van der Waals surface area (Å²) in [5.74, 6) is -1.43. The fourth-order valence-corrected chi connectivity index (χ4v) is 3.90. The maximum Gasteiger partial charge on any atom is 0.269 e. The summed E-state index contributed by atoms with van der Waals surface area (Å²) in [6, 6.07) is 11.5. The first-order valence-corrected chi connectivity index (χ1v) is 11.4. The molecule has 0 unspecified atom stereocenters. The maximum absolute atomic E-state index is 12.9. The summed E-state index contributed by atoms with van der Waals surface area (Å²) in [6.45, 7) is 5.84. The highest BCUT2D eigenvalue weighted by atomic mass is 32.2. The Morgan fingerprint density at radius 2 is 1.55 bits per heavy atom. The summed E-state index contributed by atoms with van der Waals surface area (Å²) in [4.78, 5) is 26.1. The Morgan fingerprint density at radius 3 is 2.13 bits per heavy atom. The molecule has 0 aliphatic heterocycles. The molecule has 0 aliphatic rings. The number of carbonyl (C=O) groups is 2. The van der Waals surface area contributed by atoms with Crippen LogP contribution in [0.4, 0.5) is 10.1 Å². The fourth-order valence-electron chi connectivity index (χ4n) is 2.83. The molecule has 0 saturated heterocycles. The van der Waals surface area contributed by atoms with Crippen LogP contribution in [0.3, 0.4) is 0 Å². The van der Waals surface area contributed by atoms with E-state index in [2.05, 4.69) is 20.5 Å². The number of hydrazine groups is 1. The molecule has 0 heterocycles. The molecule has 0 atom stereocenters. The smallest absolute Gasteiger partial charge is 0.269 e. The first-order valence-electron chi connectivity index (χ1n) is 9.96. The van der Waals surface area contributed by atoms with Crippen molar-refractivity contribution in [2.75, 3.05) is 24.5 Å². The maximum atomic E-state index is 12.9. The number of hydrogen-bond acceptors (Lipinski definition) is 5. The molecule has 2 rings (SSSR count). The van der Waals surface area contributed by atoms with Crippen LogP contribution >= 0.6 is 0 Å². The van der Waals surface area contributed by atoms with Gasteiger partial charge in [-0.2, -0.15) is 0 Å². The molecule has 8 nitrogen and oxygen atoms in total. The van der Waals surface area contributed by atoms with Gasteiger partial charge in [0.15, 0.2) is 0 Å². The summed E-state index contributed by atoms with van der Waals surface area (Å²) in [7, 11) is -3.77. The van der Waals surface area contributed by atoms with Crippen molar-refractivity contribution in [2.24, 2.45) is 0 Å². The Labute approximate surface area is 181 Å². The van der Waals surface area contributed by atoms with E-state index in [1.807, 2.05) is 26.0 Å². The fraction of sp³-hybridized carbons (Fsp3) is 0.333. The highest BCUT2D eigenvalue weighted by Gasteiger charge is 2.14. The van der Waals surface area contributed by atoms with E-state index in [1.165, 1.54) is 0 Å². The third-order valence-electron chi connectivity index (χ3n) is 4.57. The molecule has 2 aromatic carbocycles. The molecule has 0 fully saturated rings. The average Bonchev–Trinajstić information content (AvgIpc) is 2.76. The van der Waals surface area contributed by atoms with Gasteiger partial charge in [-0.3, -0.25) is 20.4 Å². The number of halogens is 1. The highest BCUT2D eigenvalue weighted by Crippen LogP contribution is 2.14. The minimum Gasteiger partial charge on any atom is -0.372 e. The molecule has 31 heavy (non-hydrogen) atoms. The third kappa shape index (κ3) is 7.34. The molecule has 2 aromatic rings. The van der Waals surface area contributed by atoms with Gasteiger partial charge in [0.25, 0.3) is 5.91 Å². The molecule has 0 bridgehead atoms. The molecule has 0 spiro atoms. The standard InChI is InChI=1S/C21H27FN4O4S/c1-3-26(4-2)18-11-7-16(8-12-18)21(28)25-24-20(27)6-5-15-23-31(29,30)19-13-9-17(22)10-14-19/h7-14,23H,3-6,15H2,1-2H3,(H,24,27)(H,25,28). The minimum absolute atomic E-state index is 0.00706. The topological polar surface area (TPSA) is 108 Å². The second-order valence-corrected chi connectivity index (χ2v) is 8.44. The van der Waals surface area contributed by atoms with Crippen molar-refractivity contribution in [1.82, 2.24) is 15.6 Å². The second kappa shape index (κ2) is 11.4. The van der Waals surface area contributed by atoms with Crippen LogP contribution in [0, 0.1) is 5.82 Å². The van der Waals surface area contributed by atoms with Crippen LogP contribution in [-0.4, -0.2) is 39.9 Å². The lowest BCUT2D eigenvalue weighted by Crippen LogP contribution is -2.41. The van der Waals surface area contributed by atoms with Crippen LogP contribution < -0.4 is 20.5 Å². The van der Waals surface area contributed by atoms with Crippen molar-refractivity contribution in [1.29, 1.82) is 0 Å². The lowest BCUT2D eigenvalue weighted by Gasteiger charge is -2.21. The second-order valence-electron chi connectivity index (χ2n) is 6.68. The first kappa shape index (κ1) is 24.3. The van der Waals surface area contributed by atoms with Gasteiger partial charge >= 0.3 is 0 Å². The Hall–Kier alpha value is -2.98. The Morgan fingerprint density at radius 1 is 0.935 bits per heavy atom. The van der Waals surface area contributed by atoms with Crippen LogP contribution in [0.25, 0.3) is 0 Å². The van der Waals surface area contributed by atoms with Gasteiger partial charge in [-0.05, 0) is 68.8 Å². The van der Waals surface area contributed by atoms with Gasteiger partial charge in [-0.1, -0.05) is 0 Å². The molecule has 0 radical (unpaired) electrons. The molecule has 3 N–H and O–H groups in total. The number of nitrogens with zero attached hydrogens (tertiary/aromatic N) is 1. The Bertz CT molecular complexity index is 975. The van der Waals surface area contributed by atoms with E-state index in [0.717, 1.165) is 43.0 Å². The van der Waals surface area contributed by atoms with E-state index < -0.39 is 27.7 Å². The van der Waals surface area contributed by atoms with Gasteiger partial charge in [0.1, 0.15) is 5.82 Å². The first-order chi connectivity index (χ1) is 14.8. The van der Waals surface area contributed by atoms with Crippen LogP contribution in [0.1, 0.15) is 37.0 Å². The quantitative estimate of drug-likeness (QED) is 0.380. The van der Waals surface area contributed by atoms with Gasteiger partial charge in [0.05, 0.1) is 4.90 Å². The van der Waals surface area contributed by atoms with Crippen LogP contribution in [0.15, 0.2) is 53.4 Å². The molecule has 0 aromatic heterocycles. The number of hydrogen-bond donors (Lipinski definition) is 3. The summed E-state index contributed by atoms with van der Waals surface area (Å²) >= 11 is 0. The summed E-state index contributed by atoms with van der Waals surface area (Å²) < 4.78 is 39.4. The molecule has 10 heteroatoms. The number of rotatable bonds is 10. The van der Waals surface area contributed by atoms with E-state index in [0.29, 0.717) is 5.56 Å². The number of amides is 2. The third-order valence-corrected chi connectivity index (χ3v) is 6.05. The molecule has 0 aliphatic carbocycles. The van der Waals surface area contributed by atoms with Crippen molar-refractivity contribution >= 4 is 27.5 Å². The minimum atomic E-state index is -3.77. The van der Waals surface area contributed by atoms with Crippen LogP contribution in [-0.2, 0) is 14.8 Å². The van der Waals surface area contributed by atoms with Crippen molar-refractivity contribution in [3.63, 3.8) is 0 Å². The largest absolute Gasteiger partial charge is 0.372 e. The normalized spacial score (nSPS) is 11.1. The summed E-state index contributed by atoms with van der Waals surface area (Å²) in [5, 5.41) is 0. The van der Waals surface area contributed by atoms with Crippen molar-refractivity contribution in [3.8, 4) is 0 Å². The zero-order valence-corrected chi connectivity index (χ0v) is 18.3. The van der Waals surface area contributed by atoms with Crippen molar-refractivity contribution in [3.05, 3.63) is 59.9 Å². The number of nitrogens with one attached hydrogen (secondary N) is 3. The van der Waals surface area contributed by atoms with E-state index in [4.69, 9.17) is 0 Å². The van der Waals surface area contributed by atoms with Gasteiger partial charge in [-0.15, -0.1) is 0 Å². The lowest BCUT2D eigenvalue weighted by molar-refractivity contribution is -0.121. The van der Waals surface area contributed by atoms with E-state index in [-0.39, 0.29) is 24.3 Å². The summed E-state index contributed by atoms with van der Waals surface area (Å²) in [6.07, 6.45) is 0.230. The number of sulfonamides is 1. The van der Waals surface area contributed by atoms with Crippen LogP contribution in [0.5, 0.6) is 0 Å². The van der Waals surface area contributed by atoms with E-state index in [9.17, 15) is 22.4 Å². The predicted molar refractivity (Wildman–Crippen MR) is 116 cm³/mol. The molecule has 2 amide bonds. The molecular formula is C21H27FN4O4S. The predicted octanol–water partition coefficient (Wildman–Crippen LogP) is 2.19. The number of benzene rings is 2. The van der Waals surface area contributed by atoms with Gasteiger partial charge < -0.3 is 4.90 Å². The van der Waals surface area contributed by atoms with Gasteiger partial charge in [0.2, 0.25) is 15.9 Å². The highest BCUT2D eigenvalue weighted by molar-refractivity contribution is 7.89. The van der Waals surface area contributed by atoms with Crippen molar-refractivity contribution < 1.29 is 22.4 Å². The molecular weight excluding hydrogens is 423 g/mol. The average molecular weight is 451 g/mol. The Balaban J connectivity index is 1.73. The van der Waals surface area contributed by atoms with Crippen LogP contribution in [0.2, 0.25) is 0 Å². The van der Waals surface area contributed by atoms with Crippen molar-refractivity contribution in [2.45, 2.75) is 31.6 Å². The zero-order chi connectivity index (χ0) is 22.9. The zero-order valence-electron chi connectivity index (χ0n) is 17.5. The van der Waals surface area contributed by atoms with E-state index in [1.54, 1.807) is 12.1 Å². The molecule has 0 saturated carbocycles. The lowest BCUT2D eigenvalue weighted by atomic mass is 10.2. The van der Waals surface area contributed by atoms with Gasteiger partial charge in [0, 0.05) is 37.3 Å². The van der Waals surface area contributed by atoms with Gasteiger partial charge in [-0.25, -0.2) is 17.5 Å². The number of anilines is 1. The van der Waals surface area contributed by atoms with E-state index >= 15 is 0 Å². The number of carbonyl (C=O) groups excluding carboxylic acids is 2. The monoisotopic (exact) mass is 450 g/mol. The Kier molecular flexibility index (Phi) is 8.95. The summed E-state index contributed by atoms with van der Waals surface area (Å²) in [5.41, 5.74) is 6.06.